The van der Waals surface area contributed by atoms with E-state index < -0.39 is 0 Å². The van der Waals surface area contributed by atoms with Crippen LogP contribution in [-0.2, 0) is 11.3 Å². The zero-order valence-corrected chi connectivity index (χ0v) is 8.82. The first-order valence-electron chi connectivity index (χ1n) is 5.46. The first-order valence-corrected chi connectivity index (χ1v) is 5.46. The van der Waals surface area contributed by atoms with E-state index in [0.717, 1.165) is 12.2 Å². The van der Waals surface area contributed by atoms with Gasteiger partial charge in [0.1, 0.15) is 5.75 Å². The second-order valence-electron chi connectivity index (χ2n) is 3.94. The van der Waals surface area contributed by atoms with Crippen molar-refractivity contribution in [2.45, 2.75) is 31.8 Å². The first kappa shape index (κ1) is 10.5. The van der Waals surface area contributed by atoms with Gasteiger partial charge in [-0.15, -0.1) is 0 Å². The summed E-state index contributed by atoms with van der Waals surface area (Å²) in [5.74, 6) is 5.96. The molecule has 0 aliphatic heterocycles. The van der Waals surface area contributed by atoms with Gasteiger partial charge in [0.2, 0.25) is 0 Å². The number of hydrogen-bond acceptors (Lipinski definition) is 3. The average molecular weight is 207 g/mol. The number of benzene rings is 1. The molecule has 1 aliphatic rings. The van der Waals surface area contributed by atoms with Crippen LogP contribution in [0.1, 0.15) is 24.8 Å². The lowest BCUT2D eigenvalue weighted by Gasteiger charge is -2.26. The fourth-order valence-electron chi connectivity index (χ4n) is 1.63. The molecule has 0 aromatic heterocycles. The SMILES string of the molecule is NOCCc1cccc(OC2CCC2)c1. The highest BCUT2D eigenvalue weighted by Crippen LogP contribution is 2.25. The van der Waals surface area contributed by atoms with Gasteiger partial charge in [-0.1, -0.05) is 12.1 Å². The average Bonchev–Trinajstić information content (AvgIpc) is 2.21. The molecule has 0 saturated heterocycles. The predicted molar refractivity (Wildman–Crippen MR) is 58.6 cm³/mol. The molecule has 1 fully saturated rings. The van der Waals surface area contributed by atoms with Crippen LogP contribution in [0.2, 0.25) is 0 Å². The summed E-state index contributed by atoms with van der Waals surface area (Å²) in [5, 5.41) is 0. The number of nitrogens with two attached hydrogens (primary N) is 1. The molecule has 2 N–H and O–H groups in total. The summed E-state index contributed by atoms with van der Waals surface area (Å²) >= 11 is 0. The normalized spacial score (nSPS) is 16.1. The molecule has 1 aromatic carbocycles. The van der Waals surface area contributed by atoms with Gasteiger partial charge in [0, 0.05) is 0 Å². The zero-order chi connectivity index (χ0) is 10.5. The summed E-state index contributed by atoms with van der Waals surface area (Å²) in [7, 11) is 0. The van der Waals surface area contributed by atoms with Crippen LogP contribution in [0.5, 0.6) is 5.75 Å². The van der Waals surface area contributed by atoms with Gasteiger partial charge in [0.25, 0.3) is 0 Å². The molecule has 1 aliphatic carbocycles. The van der Waals surface area contributed by atoms with E-state index in [4.69, 9.17) is 10.6 Å². The molecule has 0 heterocycles. The first-order chi connectivity index (χ1) is 7.38. The Morgan fingerprint density at radius 1 is 1.33 bits per heavy atom. The topological polar surface area (TPSA) is 44.5 Å². The third-order valence-electron chi connectivity index (χ3n) is 2.76. The minimum Gasteiger partial charge on any atom is -0.490 e. The number of rotatable bonds is 5. The van der Waals surface area contributed by atoms with Gasteiger partial charge in [0.05, 0.1) is 12.7 Å². The highest BCUT2D eigenvalue weighted by molar-refractivity contribution is 5.29. The van der Waals surface area contributed by atoms with Crippen LogP contribution in [-0.4, -0.2) is 12.7 Å². The fraction of sp³-hybridized carbons (Fsp3) is 0.500. The number of hydrogen-bond donors (Lipinski definition) is 1. The van der Waals surface area contributed by atoms with Crippen molar-refractivity contribution in [3.63, 3.8) is 0 Å². The number of ether oxygens (including phenoxy) is 1. The van der Waals surface area contributed by atoms with Crippen LogP contribution >= 0.6 is 0 Å². The molecule has 1 aromatic rings. The minimum absolute atomic E-state index is 0.436. The van der Waals surface area contributed by atoms with E-state index in [1.165, 1.54) is 24.8 Å². The van der Waals surface area contributed by atoms with Crippen molar-refractivity contribution in [2.24, 2.45) is 5.90 Å². The van der Waals surface area contributed by atoms with E-state index in [1.807, 2.05) is 12.1 Å². The molecule has 15 heavy (non-hydrogen) atoms. The molecule has 3 nitrogen and oxygen atoms in total. The molecule has 2 rings (SSSR count). The van der Waals surface area contributed by atoms with E-state index in [1.54, 1.807) is 0 Å². The Hall–Kier alpha value is -1.06. The quantitative estimate of drug-likeness (QED) is 0.751. The lowest BCUT2D eigenvalue weighted by atomic mass is 9.96. The minimum atomic E-state index is 0.436. The molecule has 0 amide bonds. The van der Waals surface area contributed by atoms with Crippen molar-refractivity contribution in [3.05, 3.63) is 29.8 Å². The molecule has 3 heteroatoms. The summed E-state index contributed by atoms with van der Waals surface area (Å²) in [6.45, 7) is 0.548. The third-order valence-corrected chi connectivity index (χ3v) is 2.76. The highest BCUT2D eigenvalue weighted by Gasteiger charge is 2.18. The van der Waals surface area contributed by atoms with Crippen molar-refractivity contribution in [2.75, 3.05) is 6.61 Å². The van der Waals surface area contributed by atoms with Gasteiger partial charge < -0.3 is 9.57 Å². The Morgan fingerprint density at radius 2 is 2.20 bits per heavy atom. The van der Waals surface area contributed by atoms with Crippen LogP contribution in [0.25, 0.3) is 0 Å². The molecular weight excluding hydrogens is 190 g/mol. The van der Waals surface area contributed by atoms with Crippen molar-refractivity contribution in [3.8, 4) is 5.75 Å². The second kappa shape index (κ2) is 5.14. The van der Waals surface area contributed by atoms with Gasteiger partial charge >= 0.3 is 0 Å². The van der Waals surface area contributed by atoms with Gasteiger partial charge in [0.15, 0.2) is 0 Å². The van der Waals surface area contributed by atoms with Crippen molar-refractivity contribution >= 4 is 0 Å². The Bertz CT molecular complexity index is 310. The van der Waals surface area contributed by atoms with Gasteiger partial charge in [-0.25, -0.2) is 5.90 Å². The lowest BCUT2D eigenvalue weighted by Crippen LogP contribution is -2.24. The Balaban J connectivity index is 1.92. The van der Waals surface area contributed by atoms with Crippen molar-refractivity contribution < 1.29 is 9.57 Å². The standard InChI is InChI=1S/C12H17NO2/c13-14-8-7-10-3-1-6-12(9-10)15-11-4-2-5-11/h1,3,6,9,11H,2,4-5,7-8,13H2. The third kappa shape index (κ3) is 2.94. The molecule has 0 atom stereocenters. The predicted octanol–water partition coefficient (Wildman–Crippen LogP) is 2.05. The molecule has 0 bridgehead atoms. The smallest absolute Gasteiger partial charge is 0.119 e. The van der Waals surface area contributed by atoms with Crippen LogP contribution in [0.15, 0.2) is 24.3 Å². The molecule has 82 valence electrons. The summed E-state index contributed by atoms with van der Waals surface area (Å²) in [6.07, 6.45) is 4.95. The molecule has 0 unspecified atom stereocenters. The van der Waals surface area contributed by atoms with E-state index in [2.05, 4.69) is 17.0 Å². The van der Waals surface area contributed by atoms with Gasteiger partial charge in [-0.05, 0) is 43.4 Å². The molecule has 0 radical (unpaired) electrons. The zero-order valence-electron chi connectivity index (χ0n) is 8.82. The highest BCUT2D eigenvalue weighted by atomic mass is 16.6. The van der Waals surface area contributed by atoms with E-state index in [0.29, 0.717) is 12.7 Å². The molecular formula is C12H17NO2. The van der Waals surface area contributed by atoms with E-state index in [9.17, 15) is 0 Å². The Labute approximate surface area is 90.1 Å². The van der Waals surface area contributed by atoms with Crippen molar-refractivity contribution in [1.29, 1.82) is 0 Å². The Kier molecular flexibility index (Phi) is 3.59. The van der Waals surface area contributed by atoms with Gasteiger partial charge in [-0.2, -0.15) is 0 Å². The second-order valence-corrected chi connectivity index (χ2v) is 3.94. The summed E-state index contributed by atoms with van der Waals surface area (Å²) in [6, 6.07) is 8.15. The largest absolute Gasteiger partial charge is 0.490 e. The van der Waals surface area contributed by atoms with Crippen LogP contribution < -0.4 is 10.6 Å². The molecule has 0 spiro atoms. The van der Waals surface area contributed by atoms with E-state index in [-0.39, 0.29) is 0 Å². The Morgan fingerprint density at radius 3 is 2.87 bits per heavy atom. The fourth-order valence-corrected chi connectivity index (χ4v) is 1.63. The van der Waals surface area contributed by atoms with Crippen molar-refractivity contribution in [1.82, 2.24) is 0 Å². The van der Waals surface area contributed by atoms with Gasteiger partial charge in [-0.3, -0.25) is 0 Å². The monoisotopic (exact) mass is 207 g/mol. The van der Waals surface area contributed by atoms with Crippen LogP contribution in [0, 0.1) is 0 Å². The summed E-state index contributed by atoms with van der Waals surface area (Å²) in [5.41, 5.74) is 1.21. The van der Waals surface area contributed by atoms with Crippen LogP contribution in [0.4, 0.5) is 0 Å². The maximum absolute atomic E-state index is 5.80. The maximum atomic E-state index is 5.80. The summed E-state index contributed by atoms with van der Waals surface area (Å²) < 4.78 is 5.80. The lowest BCUT2D eigenvalue weighted by molar-refractivity contribution is 0.120. The van der Waals surface area contributed by atoms with Crippen LogP contribution in [0.3, 0.4) is 0 Å². The van der Waals surface area contributed by atoms with E-state index >= 15 is 0 Å². The summed E-state index contributed by atoms with van der Waals surface area (Å²) in [4.78, 5) is 4.56. The molecule has 1 saturated carbocycles. The maximum Gasteiger partial charge on any atom is 0.119 e.